The maximum absolute atomic E-state index is 12.0. The van der Waals surface area contributed by atoms with Gasteiger partial charge in [-0.3, -0.25) is 4.79 Å². The van der Waals surface area contributed by atoms with Gasteiger partial charge in [0.2, 0.25) is 5.91 Å². The van der Waals surface area contributed by atoms with E-state index in [1.54, 1.807) is 0 Å². The van der Waals surface area contributed by atoms with Gasteiger partial charge in [0.05, 0.1) is 0 Å². The van der Waals surface area contributed by atoms with Crippen molar-refractivity contribution in [1.82, 2.24) is 10.2 Å². The predicted octanol–water partition coefficient (Wildman–Crippen LogP) is 2.30. The fourth-order valence-electron chi connectivity index (χ4n) is 2.50. The lowest BCUT2D eigenvalue weighted by Gasteiger charge is -2.25. The molecule has 0 aromatic rings. The molecule has 1 N–H and O–H groups in total. The number of nitrogens with one attached hydrogen (secondary N) is 1. The van der Waals surface area contributed by atoms with E-state index in [1.807, 2.05) is 11.9 Å². The monoisotopic (exact) mass is 262 g/mol. The van der Waals surface area contributed by atoms with E-state index in [9.17, 15) is 4.79 Å². The highest BCUT2D eigenvalue weighted by atomic mass is 35.5. The first kappa shape index (κ1) is 16.7. The van der Waals surface area contributed by atoms with E-state index in [2.05, 4.69) is 26.1 Å². The molecule has 2 unspecified atom stereocenters. The van der Waals surface area contributed by atoms with E-state index in [0.29, 0.717) is 30.2 Å². The number of halogens is 1. The molecule has 0 aromatic heterocycles. The molecule has 0 radical (unpaired) electrons. The maximum Gasteiger partial charge on any atom is 0.222 e. The van der Waals surface area contributed by atoms with Crippen LogP contribution in [0.3, 0.4) is 0 Å². The number of likely N-dealkylation sites (N-methyl/N-ethyl adjacent to an activating group) is 1. The smallest absolute Gasteiger partial charge is 0.222 e. The molecule has 1 fully saturated rings. The zero-order valence-electron chi connectivity index (χ0n) is 11.5. The minimum Gasteiger partial charge on any atom is -0.341 e. The van der Waals surface area contributed by atoms with Crippen LogP contribution in [0.15, 0.2) is 0 Å². The van der Waals surface area contributed by atoms with Crippen LogP contribution in [0, 0.1) is 11.8 Å². The molecule has 17 heavy (non-hydrogen) atoms. The van der Waals surface area contributed by atoms with Crippen molar-refractivity contribution in [1.29, 1.82) is 0 Å². The Labute approximate surface area is 112 Å². The lowest BCUT2D eigenvalue weighted by atomic mass is 9.95. The fraction of sp³-hybridized carbons (Fsp3) is 0.923. The van der Waals surface area contributed by atoms with E-state index in [1.165, 1.54) is 0 Å². The van der Waals surface area contributed by atoms with Crippen LogP contribution in [0.4, 0.5) is 0 Å². The van der Waals surface area contributed by atoms with Gasteiger partial charge in [0, 0.05) is 26.1 Å². The summed E-state index contributed by atoms with van der Waals surface area (Å²) in [5.74, 6) is 1.49. The molecule has 4 heteroatoms. The molecule has 0 bridgehead atoms. The summed E-state index contributed by atoms with van der Waals surface area (Å²) in [7, 11) is 1.95. The van der Waals surface area contributed by atoms with Gasteiger partial charge in [0.15, 0.2) is 0 Å². The van der Waals surface area contributed by atoms with Crippen molar-refractivity contribution in [3.63, 3.8) is 0 Å². The van der Waals surface area contributed by atoms with Crippen LogP contribution in [0.5, 0.6) is 0 Å². The van der Waals surface area contributed by atoms with Gasteiger partial charge in [-0.2, -0.15) is 0 Å². The lowest BCUT2D eigenvalue weighted by Crippen LogP contribution is -2.39. The van der Waals surface area contributed by atoms with E-state index < -0.39 is 0 Å². The molecular formula is C13H27ClN2O. The summed E-state index contributed by atoms with van der Waals surface area (Å²) in [6.07, 6.45) is 2.94. The van der Waals surface area contributed by atoms with Gasteiger partial charge < -0.3 is 10.2 Å². The first-order chi connectivity index (χ1) is 7.50. The summed E-state index contributed by atoms with van der Waals surface area (Å²) in [5.41, 5.74) is 0. The van der Waals surface area contributed by atoms with Crippen molar-refractivity contribution < 1.29 is 4.79 Å². The number of amides is 1. The lowest BCUT2D eigenvalue weighted by molar-refractivity contribution is -0.132. The van der Waals surface area contributed by atoms with Crippen LogP contribution in [0.2, 0.25) is 0 Å². The van der Waals surface area contributed by atoms with Gasteiger partial charge in [-0.1, -0.05) is 20.8 Å². The van der Waals surface area contributed by atoms with Gasteiger partial charge in [-0.05, 0) is 31.2 Å². The quantitative estimate of drug-likeness (QED) is 0.825. The molecule has 1 saturated heterocycles. The summed E-state index contributed by atoms with van der Waals surface area (Å²) in [4.78, 5) is 14.0. The molecule has 1 rings (SSSR count). The number of rotatable bonds is 5. The van der Waals surface area contributed by atoms with Crippen molar-refractivity contribution in [3.8, 4) is 0 Å². The van der Waals surface area contributed by atoms with Crippen LogP contribution in [-0.4, -0.2) is 37.0 Å². The molecule has 0 saturated carbocycles. The molecule has 0 aromatic carbocycles. The molecular weight excluding hydrogens is 236 g/mol. The standard InChI is InChI=1S/C13H26N2O.ClH/c1-10(2)7-11(3)8-13(16)15(4)12-5-6-14-9-12;/h10-12,14H,5-9H2,1-4H3;1H. The SMILES string of the molecule is CC(C)CC(C)CC(=O)N(C)C1CCNC1.Cl. The Kier molecular flexibility index (Phi) is 7.80. The van der Waals surface area contributed by atoms with Gasteiger partial charge in [-0.15, -0.1) is 12.4 Å². The molecule has 3 nitrogen and oxygen atoms in total. The highest BCUT2D eigenvalue weighted by Crippen LogP contribution is 2.17. The average molecular weight is 263 g/mol. The minimum absolute atomic E-state index is 0. The molecule has 1 amide bonds. The Morgan fingerprint density at radius 3 is 2.53 bits per heavy atom. The van der Waals surface area contributed by atoms with Crippen LogP contribution < -0.4 is 5.32 Å². The molecule has 1 aliphatic heterocycles. The number of hydrogen-bond acceptors (Lipinski definition) is 2. The first-order valence-corrected chi connectivity index (χ1v) is 6.47. The normalized spacial score (nSPS) is 21.1. The van der Waals surface area contributed by atoms with Crippen LogP contribution in [-0.2, 0) is 4.79 Å². The van der Waals surface area contributed by atoms with Gasteiger partial charge >= 0.3 is 0 Å². The van der Waals surface area contributed by atoms with Crippen molar-refractivity contribution in [3.05, 3.63) is 0 Å². The zero-order chi connectivity index (χ0) is 12.1. The third kappa shape index (κ3) is 5.73. The maximum atomic E-state index is 12.0. The van der Waals surface area contributed by atoms with Crippen LogP contribution in [0.1, 0.15) is 40.0 Å². The number of nitrogens with zero attached hydrogens (tertiary/aromatic N) is 1. The third-order valence-corrected chi connectivity index (χ3v) is 3.37. The molecule has 2 atom stereocenters. The highest BCUT2D eigenvalue weighted by Gasteiger charge is 2.24. The summed E-state index contributed by atoms with van der Waals surface area (Å²) in [5, 5.41) is 3.30. The Hall–Kier alpha value is -0.280. The molecule has 0 aliphatic carbocycles. The van der Waals surface area contributed by atoms with Crippen molar-refractivity contribution in [2.75, 3.05) is 20.1 Å². The van der Waals surface area contributed by atoms with E-state index in [-0.39, 0.29) is 12.4 Å². The van der Waals surface area contributed by atoms with Crippen molar-refractivity contribution in [2.24, 2.45) is 11.8 Å². The Bertz CT molecular complexity index is 227. The highest BCUT2D eigenvalue weighted by molar-refractivity contribution is 5.85. The van der Waals surface area contributed by atoms with Crippen LogP contribution >= 0.6 is 12.4 Å². The Morgan fingerprint density at radius 2 is 2.06 bits per heavy atom. The average Bonchev–Trinajstić information content (AvgIpc) is 2.67. The molecule has 1 aliphatic rings. The van der Waals surface area contributed by atoms with Gasteiger partial charge in [0.25, 0.3) is 0 Å². The Balaban J connectivity index is 0.00000256. The van der Waals surface area contributed by atoms with Crippen molar-refractivity contribution in [2.45, 2.75) is 46.1 Å². The van der Waals surface area contributed by atoms with E-state index in [4.69, 9.17) is 0 Å². The number of hydrogen-bond donors (Lipinski definition) is 1. The predicted molar refractivity (Wildman–Crippen MR) is 74.5 cm³/mol. The van der Waals surface area contributed by atoms with Gasteiger partial charge in [0.1, 0.15) is 0 Å². The van der Waals surface area contributed by atoms with E-state index in [0.717, 1.165) is 25.9 Å². The first-order valence-electron chi connectivity index (χ1n) is 6.47. The zero-order valence-corrected chi connectivity index (χ0v) is 12.3. The fourth-order valence-corrected chi connectivity index (χ4v) is 2.50. The summed E-state index contributed by atoms with van der Waals surface area (Å²) in [6.45, 7) is 8.61. The molecule has 0 spiro atoms. The summed E-state index contributed by atoms with van der Waals surface area (Å²) in [6, 6.07) is 0.416. The van der Waals surface area contributed by atoms with Crippen LogP contribution in [0.25, 0.3) is 0 Å². The molecule has 102 valence electrons. The second kappa shape index (κ2) is 7.93. The largest absolute Gasteiger partial charge is 0.341 e. The van der Waals surface area contributed by atoms with Gasteiger partial charge in [-0.25, -0.2) is 0 Å². The Morgan fingerprint density at radius 1 is 1.41 bits per heavy atom. The third-order valence-electron chi connectivity index (χ3n) is 3.37. The summed E-state index contributed by atoms with van der Waals surface area (Å²) >= 11 is 0. The molecule has 1 heterocycles. The number of carbonyl (C=O) groups is 1. The van der Waals surface area contributed by atoms with Crippen molar-refractivity contribution >= 4 is 18.3 Å². The second-order valence-electron chi connectivity index (χ2n) is 5.59. The number of carbonyl (C=O) groups excluding carboxylic acids is 1. The van der Waals surface area contributed by atoms with E-state index >= 15 is 0 Å². The minimum atomic E-state index is 0. The summed E-state index contributed by atoms with van der Waals surface area (Å²) < 4.78 is 0. The second-order valence-corrected chi connectivity index (χ2v) is 5.59. The topological polar surface area (TPSA) is 32.3 Å².